The molecule has 0 aliphatic rings. The lowest BCUT2D eigenvalue weighted by molar-refractivity contribution is 0.191. The molecule has 1 unspecified atom stereocenters. The molecule has 0 bridgehead atoms. The number of aliphatic hydroxyl groups excluding tert-OH is 1. The van der Waals surface area contributed by atoms with Gasteiger partial charge in [0.15, 0.2) is 0 Å². The molecule has 0 aliphatic heterocycles. The third-order valence-corrected chi connectivity index (χ3v) is 3.52. The number of hydrogen-bond donors (Lipinski definition) is 3. The Morgan fingerprint density at radius 2 is 1.86 bits per heavy atom. The van der Waals surface area contributed by atoms with E-state index in [1.165, 1.54) is 16.3 Å². The van der Waals surface area contributed by atoms with Crippen LogP contribution in [0.3, 0.4) is 0 Å². The summed E-state index contributed by atoms with van der Waals surface area (Å²) in [6.45, 7) is 7.53. The van der Waals surface area contributed by atoms with E-state index in [9.17, 15) is 5.11 Å². The first-order chi connectivity index (χ1) is 10.7. The number of nitrogens with one attached hydrogen (secondary N) is 2. The van der Waals surface area contributed by atoms with Gasteiger partial charge in [0.2, 0.25) is 0 Å². The summed E-state index contributed by atoms with van der Waals surface area (Å²) in [5, 5.41) is 18.3. The minimum Gasteiger partial charge on any atom is -0.494 e. The third-order valence-electron chi connectivity index (χ3n) is 3.52. The highest BCUT2D eigenvalue weighted by molar-refractivity contribution is 5.87. The standard InChI is InChI=1S/C18H26N2O2/c1-3-22-18-9-8-15-6-4-5-7-16(15)17(18)13-20-11-10-19-12-14(2)21/h4-9,14,19-21H,3,10-13H2,1-2H3. The van der Waals surface area contributed by atoms with Crippen LogP contribution in [0.25, 0.3) is 10.8 Å². The Balaban J connectivity index is 2.00. The van der Waals surface area contributed by atoms with Crippen LogP contribution in [0.1, 0.15) is 19.4 Å². The number of benzene rings is 2. The average Bonchev–Trinajstić information content (AvgIpc) is 2.52. The molecule has 0 spiro atoms. The molecule has 1 atom stereocenters. The predicted octanol–water partition coefficient (Wildman–Crippen LogP) is 2.30. The number of hydrogen-bond acceptors (Lipinski definition) is 4. The molecule has 4 nitrogen and oxygen atoms in total. The fraction of sp³-hybridized carbons (Fsp3) is 0.444. The maximum Gasteiger partial charge on any atom is 0.124 e. The summed E-state index contributed by atoms with van der Waals surface area (Å²) in [5.74, 6) is 0.950. The zero-order valence-electron chi connectivity index (χ0n) is 13.4. The molecule has 4 heteroatoms. The molecule has 3 N–H and O–H groups in total. The van der Waals surface area contributed by atoms with Gasteiger partial charge in [0.25, 0.3) is 0 Å². The van der Waals surface area contributed by atoms with Crippen molar-refractivity contribution < 1.29 is 9.84 Å². The van der Waals surface area contributed by atoms with Crippen LogP contribution in [0.2, 0.25) is 0 Å². The van der Waals surface area contributed by atoms with E-state index in [-0.39, 0.29) is 6.10 Å². The van der Waals surface area contributed by atoms with E-state index in [4.69, 9.17) is 4.74 Å². The second-order valence-electron chi connectivity index (χ2n) is 5.43. The smallest absolute Gasteiger partial charge is 0.124 e. The van der Waals surface area contributed by atoms with Gasteiger partial charge in [-0.25, -0.2) is 0 Å². The van der Waals surface area contributed by atoms with Crippen LogP contribution in [0, 0.1) is 0 Å². The SMILES string of the molecule is CCOc1ccc2ccccc2c1CNCCNCC(C)O. The van der Waals surface area contributed by atoms with Crippen molar-refractivity contribution in [1.82, 2.24) is 10.6 Å². The van der Waals surface area contributed by atoms with Gasteiger partial charge in [-0.3, -0.25) is 0 Å². The molecule has 0 fully saturated rings. The summed E-state index contributed by atoms with van der Waals surface area (Å²) in [6, 6.07) is 12.5. The first-order valence-electron chi connectivity index (χ1n) is 7.95. The molecular weight excluding hydrogens is 276 g/mol. The van der Waals surface area contributed by atoms with Crippen molar-refractivity contribution in [1.29, 1.82) is 0 Å². The minimum atomic E-state index is -0.303. The van der Waals surface area contributed by atoms with Crippen LogP contribution in [0.4, 0.5) is 0 Å². The molecule has 0 heterocycles. The van der Waals surface area contributed by atoms with Gasteiger partial charge in [0.05, 0.1) is 12.7 Å². The van der Waals surface area contributed by atoms with Gasteiger partial charge in [0, 0.05) is 31.7 Å². The lowest BCUT2D eigenvalue weighted by Crippen LogP contribution is -2.31. The van der Waals surface area contributed by atoms with E-state index in [2.05, 4.69) is 47.0 Å². The molecule has 0 aliphatic carbocycles. The molecular formula is C18H26N2O2. The van der Waals surface area contributed by atoms with E-state index >= 15 is 0 Å². The van der Waals surface area contributed by atoms with Crippen molar-refractivity contribution in [3.05, 3.63) is 42.0 Å². The van der Waals surface area contributed by atoms with E-state index in [1.807, 2.05) is 6.92 Å². The van der Waals surface area contributed by atoms with Crippen molar-refractivity contribution >= 4 is 10.8 Å². The Kier molecular flexibility index (Phi) is 6.65. The zero-order valence-corrected chi connectivity index (χ0v) is 13.4. The molecule has 2 rings (SSSR count). The van der Waals surface area contributed by atoms with Crippen molar-refractivity contribution in [2.45, 2.75) is 26.5 Å². The van der Waals surface area contributed by atoms with Gasteiger partial charge in [-0.15, -0.1) is 0 Å². The Hall–Kier alpha value is -1.62. The summed E-state index contributed by atoms with van der Waals surface area (Å²) in [5.41, 5.74) is 1.20. The summed E-state index contributed by atoms with van der Waals surface area (Å²) in [6.07, 6.45) is -0.303. The molecule has 0 aromatic heterocycles. The largest absolute Gasteiger partial charge is 0.494 e. The maximum atomic E-state index is 9.20. The van der Waals surface area contributed by atoms with Crippen LogP contribution in [0.5, 0.6) is 5.75 Å². The highest BCUT2D eigenvalue weighted by Crippen LogP contribution is 2.28. The van der Waals surface area contributed by atoms with E-state index < -0.39 is 0 Å². The quantitative estimate of drug-likeness (QED) is 0.622. The summed E-state index contributed by atoms with van der Waals surface area (Å²) in [7, 11) is 0. The van der Waals surface area contributed by atoms with Crippen LogP contribution in [-0.4, -0.2) is 37.5 Å². The van der Waals surface area contributed by atoms with Crippen LogP contribution < -0.4 is 15.4 Å². The topological polar surface area (TPSA) is 53.5 Å². The fourth-order valence-electron chi connectivity index (χ4n) is 2.49. The highest BCUT2D eigenvalue weighted by atomic mass is 16.5. The van der Waals surface area contributed by atoms with Crippen LogP contribution >= 0.6 is 0 Å². The molecule has 0 amide bonds. The van der Waals surface area contributed by atoms with Gasteiger partial charge < -0.3 is 20.5 Å². The van der Waals surface area contributed by atoms with Crippen LogP contribution in [-0.2, 0) is 6.54 Å². The van der Waals surface area contributed by atoms with Crippen molar-refractivity contribution in [2.75, 3.05) is 26.2 Å². The maximum absolute atomic E-state index is 9.20. The number of rotatable bonds is 9. The summed E-state index contributed by atoms with van der Waals surface area (Å²) in [4.78, 5) is 0. The fourth-order valence-corrected chi connectivity index (χ4v) is 2.49. The normalized spacial score (nSPS) is 12.5. The monoisotopic (exact) mass is 302 g/mol. The van der Waals surface area contributed by atoms with Gasteiger partial charge >= 0.3 is 0 Å². The Morgan fingerprint density at radius 3 is 2.64 bits per heavy atom. The van der Waals surface area contributed by atoms with Gasteiger partial charge in [-0.1, -0.05) is 30.3 Å². The van der Waals surface area contributed by atoms with Crippen molar-refractivity contribution in [3.63, 3.8) is 0 Å². The number of fused-ring (bicyclic) bond motifs is 1. The Labute approximate surface area is 132 Å². The van der Waals surface area contributed by atoms with Gasteiger partial charge in [-0.05, 0) is 30.7 Å². The first kappa shape index (κ1) is 16.7. The molecule has 0 saturated heterocycles. The summed E-state index contributed by atoms with van der Waals surface area (Å²) < 4.78 is 5.77. The van der Waals surface area contributed by atoms with Gasteiger partial charge in [0.1, 0.15) is 5.75 Å². The lowest BCUT2D eigenvalue weighted by Gasteiger charge is -2.14. The second-order valence-corrected chi connectivity index (χ2v) is 5.43. The molecule has 0 saturated carbocycles. The first-order valence-corrected chi connectivity index (χ1v) is 7.95. The molecule has 120 valence electrons. The van der Waals surface area contributed by atoms with E-state index in [1.54, 1.807) is 6.92 Å². The Bertz CT molecular complexity index is 584. The lowest BCUT2D eigenvalue weighted by atomic mass is 10.0. The number of aliphatic hydroxyl groups is 1. The molecule has 2 aromatic rings. The van der Waals surface area contributed by atoms with Crippen LogP contribution in [0.15, 0.2) is 36.4 Å². The van der Waals surface area contributed by atoms with Gasteiger partial charge in [-0.2, -0.15) is 0 Å². The van der Waals surface area contributed by atoms with Crippen molar-refractivity contribution in [2.24, 2.45) is 0 Å². The highest BCUT2D eigenvalue weighted by Gasteiger charge is 2.08. The van der Waals surface area contributed by atoms with Crippen molar-refractivity contribution in [3.8, 4) is 5.75 Å². The zero-order chi connectivity index (χ0) is 15.8. The molecule has 2 aromatic carbocycles. The van der Waals surface area contributed by atoms with E-state index in [0.29, 0.717) is 13.2 Å². The Morgan fingerprint density at radius 1 is 1.09 bits per heavy atom. The minimum absolute atomic E-state index is 0.303. The average molecular weight is 302 g/mol. The molecule has 0 radical (unpaired) electrons. The van der Waals surface area contributed by atoms with E-state index in [0.717, 1.165) is 25.4 Å². The summed E-state index contributed by atoms with van der Waals surface area (Å²) >= 11 is 0. The second kappa shape index (κ2) is 8.73. The predicted molar refractivity (Wildman–Crippen MR) is 91.4 cm³/mol. The number of ether oxygens (including phenoxy) is 1. The third kappa shape index (κ3) is 4.70. The molecule has 22 heavy (non-hydrogen) atoms.